The highest BCUT2D eigenvalue weighted by atomic mass is 32.1. The first-order valence-corrected chi connectivity index (χ1v) is 7.34. The molecule has 2 aromatic rings. The van der Waals surface area contributed by atoms with Crippen LogP contribution in [-0.4, -0.2) is 73.0 Å². The fraction of sp³-hybridized carbons (Fsp3) is 0.455. The average molecular weight is 307 g/mol. The van der Waals surface area contributed by atoms with Crippen molar-refractivity contribution in [1.29, 1.82) is 0 Å². The Hall–Kier alpha value is -2.36. The lowest BCUT2D eigenvalue weighted by Crippen LogP contribution is -2.51. The summed E-state index contributed by atoms with van der Waals surface area (Å²) in [7, 11) is 0. The highest BCUT2D eigenvalue weighted by Crippen LogP contribution is 2.09. The zero-order valence-electron chi connectivity index (χ0n) is 11.1. The largest absolute Gasteiger partial charge is 0.338 e. The van der Waals surface area contributed by atoms with Crippen LogP contribution in [0, 0.1) is 0 Å². The van der Waals surface area contributed by atoms with Gasteiger partial charge in [0.25, 0.3) is 5.91 Å². The molecule has 0 radical (unpaired) electrons. The van der Waals surface area contributed by atoms with E-state index in [0.717, 1.165) is 0 Å². The first-order chi connectivity index (χ1) is 10.2. The molecular weight excluding hydrogens is 294 g/mol. The first-order valence-electron chi connectivity index (χ1n) is 6.40. The molecule has 0 N–H and O–H groups in total. The summed E-state index contributed by atoms with van der Waals surface area (Å²) in [5, 5.41) is 12.4. The van der Waals surface area contributed by atoms with Gasteiger partial charge in [-0.3, -0.25) is 9.59 Å². The molecule has 1 aliphatic heterocycles. The van der Waals surface area contributed by atoms with E-state index < -0.39 is 0 Å². The second-order valence-corrected chi connectivity index (χ2v) is 5.27. The number of piperazine rings is 1. The van der Waals surface area contributed by atoms with Crippen LogP contribution in [0.5, 0.6) is 0 Å². The van der Waals surface area contributed by atoms with Crippen molar-refractivity contribution in [2.45, 2.75) is 6.54 Å². The van der Waals surface area contributed by atoms with Gasteiger partial charge >= 0.3 is 0 Å². The van der Waals surface area contributed by atoms with Crippen molar-refractivity contribution in [1.82, 2.24) is 35.0 Å². The van der Waals surface area contributed by atoms with Crippen LogP contribution in [0.3, 0.4) is 0 Å². The summed E-state index contributed by atoms with van der Waals surface area (Å²) in [6, 6.07) is 0. The number of carbonyl (C=O) groups is 2. The average Bonchev–Trinajstić information content (AvgIpc) is 3.20. The Morgan fingerprint density at radius 2 is 1.95 bits per heavy atom. The molecule has 0 saturated carbocycles. The highest BCUT2D eigenvalue weighted by Gasteiger charge is 2.25. The molecule has 2 aromatic heterocycles. The number of carbonyl (C=O) groups excluding carboxylic acids is 2. The van der Waals surface area contributed by atoms with Gasteiger partial charge in [0.15, 0.2) is 0 Å². The summed E-state index contributed by atoms with van der Waals surface area (Å²) in [5.74, 6) is -0.133. The number of aromatic nitrogens is 5. The van der Waals surface area contributed by atoms with E-state index in [2.05, 4.69) is 20.5 Å². The molecule has 3 heterocycles. The van der Waals surface area contributed by atoms with E-state index in [4.69, 9.17) is 0 Å². The Balaban J connectivity index is 1.53. The fourth-order valence-corrected chi connectivity index (χ4v) is 2.66. The summed E-state index contributed by atoms with van der Waals surface area (Å²) < 4.78 is 1.38. The lowest BCUT2D eigenvalue weighted by Gasteiger charge is -2.34. The molecule has 21 heavy (non-hydrogen) atoms. The summed E-state index contributed by atoms with van der Waals surface area (Å²) >= 11 is 1.39. The van der Waals surface area contributed by atoms with Gasteiger partial charge in [-0.2, -0.15) is 0 Å². The van der Waals surface area contributed by atoms with E-state index in [0.29, 0.717) is 31.9 Å². The second-order valence-electron chi connectivity index (χ2n) is 4.55. The Morgan fingerprint density at radius 1 is 1.19 bits per heavy atom. The van der Waals surface area contributed by atoms with Crippen LogP contribution in [0.1, 0.15) is 10.5 Å². The van der Waals surface area contributed by atoms with Crippen molar-refractivity contribution < 1.29 is 9.59 Å². The molecule has 110 valence electrons. The maximum Gasteiger partial charge on any atom is 0.273 e. The van der Waals surface area contributed by atoms with Gasteiger partial charge < -0.3 is 9.80 Å². The Kier molecular flexibility index (Phi) is 3.86. The van der Waals surface area contributed by atoms with Crippen molar-refractivity contribution in [3.8, 4) is 0 Å². The normalized spacial score (nSPS) is 15.2. The van der Waals surface area contributed by atoms with E-state index in [1.807, 2.05) is 0 Å². The quantitative estimate of drug-likeness (QED) is 0.730. The van der Waals surface area contributed by atoms with Gasteiger partial charge in [-0.1, -0.05) is 0 Å². The molecule has 2 amide bonds. The number of hydrogen-bond acceptors (Lipinski definition) is 7. The van der Waals surface area contributed by atoms with E-state index in [1.165, 1.54) is 22.3 Å². The molecule has 1 saturated heterocycles. The zero-order chi connectivity index (χ0) is 14.7. The third-order valence-corrected chi connectivity index (χ3v) is 3.85. The minimum Gasteiger partial charge on any atom is -0.338 e. The van der Waals surface area contributed by atoms with Crippen molar-refractivity contribution in [2.24, 2.45) is 0 Å². The lowest BCUT2D eigenvalue weighted by atomic mass is 10.3. The topological polar surface area (TPSA) is 97.1 Å². The monoisotopic (exact) mass is 307 g/mol. The number of rotatable bonds is 3. The lowest BCUT2D eigenvalue weighted by molar-refractivity contribution is -0.133. The van der Waals surface area contributed by atoms with Crippen LogP contribution in [0.25, 0.3) is 0 Å². The minimum absolute atomic E-state index is 0.0527. The number of amides is 2. The van der Waals surface area contributed by atoms with Gasteiger partial charge in [-0.15, -0.1) is 16.4 Å². The van der Waals surface area contributed by atoms with E-state index >= 15 is 0 Å². The standard InChI is InChI=1S/C11H13N7O2S/c19-10(5-18-7-13-14-15-18)16-1-3-17(4-2-16)11(20)9-6-21-8-12-9/h6-8H,1-5H2. The second kappa shape index (κ2) is 5.95. The van der Waals surface area contributed by atoms with Gasteiger partial charge in [0.05, 0.1) is 5.51 Å². The predicted octanol–water partition coefficient (Wildman–Crippen LogP) is -0.886. The molecular formula is C11H13N7O2S. The molecule has 3 rings (SSSR count). The molecule has 0 aliphatic carbocycles. The maximum atomic E-state index is 12.1. The van der Waals surface area contributed by atoms with Crippen LogP contribution in [0.15, 0.2) is 17.2 Å². The van der Waals surface area contributed by atoms with Crippen LogP contribution in [0.2, 0.25) is 0 Å². The van der Waals surface area contributed by atoms with Gasteiger partial charge in [0, 0.05) is 31.6 Å². The number of hydrogen-bond donors (Lipinski definition) is 0. The van der Waals surface area contributed by atoms with Crippen LogP contribution >= 0.6 is 11.3 Å². The highest BCUT2D eigenvalue weighted by molar-refractivity contribution is 7.07. The van der Waals surface area contributed by atoms with E-state index in [-0.39, 0.29) is 18.4 Å². The Bertz CT molecular complexity index is 605. The molecule has 0 aromatic carbocycles. The summed E-state index contributed by atoms with van der Waals surface area (Å²) in [6.45, 7) is 2.16. The van der Waals surface area contributed by atoms with E-state index in [1.54, 1.807) is 20.7 Å². The molecule has 0 bridgehead atoms. The van der Waals surface area contributed by atoms with Crippen molar-refractivity contribution in [3.05, 3.63) is 22.9 Å². The minimum atomic E-state index is -0.0798. The molecule has 10 heteroatoms. The van der Waals surface area contributed by atoms with Crippen molar-refractivity contribution in [2.75, 3.05) is 26.2 Å². The SMILES string of the molecule is O=C(Cn1cnnn1)N1CCN(C(=O)c2cscn2)CC1. The zero-order valence-corrected chi connectivity index (χ0v) is 11.9. The van der Waals surface area contributed by atoms with Crippen molar-refractivity contribution >= 4 is 23.2 Å². The fourth-order valence-electron chi connectivity index (χ4n) is 2.13. The van der Waals surface area contributed by atoms with Gasteiger partial charge in [0.1, 0.15) is 18.6 Å². The summed E-state index contributed by atoms with van der Waals surface area (Å²) in [6.07, 6.45) is 1.40. The third-order valence-electron chi connectivity index (χ3n) is 3.26. The maximum absolute atomic E-state index is 12.1. The number of tetrazole rings is 1. The Labute approximate surface area is 124 Å². The smallest absolute Gasteiger partial charge is 0.273 e. The predicted molar refractivity (Wildman–Crippen MR) is 72.4 cm³/mol. The third kappa shape index (κ3) is 3.05. The molecule has 0 spiro atoms. The first kappa shape index (κ1) is 13.6. The number of nitrogens with zero attached hydrogens (tertiary/aromatic N) is 7. The summed E-state index contributed by atoms with van der Waals surface area (Å²) in [4.78, 5) is 31.6. The van der Waals surface area contributed by atoms with Gasteiger partial charge in [0.2, 0.25) is 5.91 Å². The molecule has 0 unspecified atom stereocenters. The van der Waals surface area contributed by atoms with E-state index in [9.17, 15) is 9.59 Å². The summed E-state index contributed by atoms with van der Waals surface area (Å²) in [5.41, 5.74) is 2.10. The van der Waals surface area contributed by atoms with Gasteiger partial charge in [-0.05, 0) is 10.4 Å². The molecule has 1 fully saturated rings. The van der Waals surface area contributed by atoms with Gasteiger partial charge in [-0.25, -0.2) is 9.67 Å². The van der Waals surface area contributed by atoms with Crippen LogP contribution in [0.4, 0.5) is 0 Å². The van der Waals surface area contributed by atoms with Crippen molar-refractivity contribution in [3.63, 3.8) is 0 Å². The van der Waals surface area contributed by atoms with Crippen LogP contribution < -0.4 is 0 Å². The molecule has 0 atom stereocenters. The molecule has 9 nitrogen and oxygen atoms in total. The molecule has 1 aliphatic rings. The number of thiazole rings is 1. The van der Waals surface area contributed by atoms with Crippen LogP contribution in [-0.2, 0) is 11.3 Å². The Morgan fingerprint density at radius 3 is 2.57 bits per heavy atom.